The molecule has 21 heavy (non-hydrogen) atoms. The zero-order valence-corrected chi connectivity index (χ0v) is 12.3. The summed E-state index contributed by atoms with van der Waals surface area (Å²) >= 11 is 7.67. The number of halogens is 1. The fourth-order valence-corrected chi connectivity index (χ4v) is 3.39. The summed E-state index contributed by atoms with van der Waals surface area (Å²) in [5.74, 6) is 0.782. The topological polar surface area (TPSA) is 55.6 Å². The van der Waals surface area contributed by atoms with Crippen LogP contribution in [0.15, 0.2) is 53.9 Å². The third-order valence-electron chi connectivity index (χ3n) is 3.19. The Hall–Kier alpha value is -2.05. The Bertz CT molecular complexity index is 789. The Morgan fingerprint density at radius 2 is 2.00 bits per heavy atom. The Morgan fingerprint density at radius 3 is 2.81 bits per heavy atom. The van der Waals surface area contributed by atoms with Crippen molar-refractivity contribution in [1.82, 2.24) is 19.9 Å². The molecular weight excluding hydrogens is 306 g/mol. The molecule has 1 aliphatic rings. The molecule has 0 spiro atoms. The largest absolute Gasteiger partial charge is 0.304 e. The highest BCUT2D eigenvalue weighted by molar-refractivity contribution is 7.99. The minimum absolute atomic E-state index is 0.0785. The zero-order chi connectivity index (χ0) is 14.2. The molecule has 0 radical (unpaired) electrons. The number of aromatic nitrogens is 4. The summed E-state index contributed by atoms with van der Waals surface area (Å²) in [5.41, 5.74) is 5.49. The van der Waals surface area contributed by atoms with Crippen LogP contribution in [0.4, 0.5) is 0 Å². The number of nitrogens with one attached hydrogen (secondary N) is 1. The second kappa shape index (κ2) is 5.05. The first-order chi connectivity index (χ1) is 10.3. The van der Waals surface area contributed by atoms with Crippen molar-refractivity contribution in [2.45, 2.75) is 10.5 Å². The predicted molar refractivity (Wildman–Crippen MR) is 82.7 cm³/mol. The lowest BCUT2D eigenvalue weighted by Gasteiger charge is -2.12. The first-order valence-electron chi connectivity index (χ1n) is 6.36. The molecule has 1 aliphatic heterocycles. The SMILES string of the molecule is Clc1cccc(C2Nn3c(nnc3-c3ccncc3)S2)c1. The van der Waals surface area contributed by atoms with Crippen LogP contribution in [0.2, 0.25) is 5.02 Å². The van der Waals surface area contributed by atoms with Crippen LogP contribution in [-0.4, -0.2) is 19.9 Å². The summed E-state index contributed by atoms with van der Waals surface area (Å²) in [5, 5.41) is 10.1. The van der Waals surface area contributed by atoms with Gasteiger partial charge in [-0.25, -0.2) is 4.68 Å². The van der Waals surface area contributed by atoms with Gasteiger partial charge in [0.1, 0.15) is 5.37 Å². The van der Waals surface area contributed by atoms with Crippen LogP contribution < -0.4 is 5.43 Å². The molecule has 7 heteroatoms. The number of rotatable bonds is 2. The van der Waals surface area contributed by atoms with Crippen molar-refractivity contribution < 1.29 is 0 Å². The second-order valence-corrected chi connectivity index (χ2v) is 6.07. The average molecular weight is 316 g/mol. The van der Waals surface area contributed by atoms with Gasteiger partial charge in [-0.2, -0.15) is 0 Å². The van der Waals surface area contributed by atoms with Gasteiger partial charge in [0.05, 0.1) is 0 Å². The molecule has 3 aromatic rings. The molecule has 2 aromatic heterocycles. The van der Waals surface area contributed by atoms with E-state index in [0.29, 0.717) is 0 Å². The normalized spacial score (nSPS) is 16.5. The number of nitrogens with zero attached hydrogens (tertiary/aromatic N) is 4. The van der Waals surface area contributed by atoms with Gasteiger partial charge in [0, 0.05) is 23.0 Å². The summed E-state index contributed by atoms with van der Waals surface area (Å²) in [6.45, 7) is 0. The number of fused-ring (bicyclic) bond motifs is 1. The molecule has 1 atom stereocenters. The van der Waals surface area contributed by atoms with Crippen LogP contribution in [0.3, 0.4) is 0 Å². The first-order valence-corrected chi connectivity index (χ1v) is 7.61. The molecule has 0 fully saturated rings. The van der Waals surface area contributed by atoms with Crippen LogP contribution in [0.25, 0.3) is 11.4 Å². The fourth-order valence-electron chi connectivity index (χ4n) is 2.21. The van der Waals surface area contributed by atoms with E-state index in [1.165, 1.54) is 0 Å². The molecule has 0 saturated carbocycles. The molecule has 1 N–H and O–H groups in total. The lowest BCUT2D eigenvalue weighted by Crippen LogP contribution is -2.13. The Labute approximate surface area is 130 Å². The molecule has 3 heterocycles. The quantitative estimate of drug-likeness (QED) is 0.786. The van der Waals surface area contributed by atoms with Gasteiger partial charge in [-0.1, -0.05) is 35.5 Å². The van der Waals surface area contributed by atoms with E-state index in [-0.39, 0.29) is 5.37 Å². The minimum atomic E-state index is 0.0785. The third kappa shape index (κ3) is 2.26. The van der Waals surface area contributed by atoms with E-state index in [2.05, 4.69) is 20.6 Å². The van der Waals surface area contributed by atoms with Gasteiger partial charge in [0.15, 0.2) is 5.82 Å². The number of hydrogen-bond acceptors (Lipinski definition) is 5. The Balaban J connectivity index is 1.68. The maximum absolute atomic E-state index is 6.06. The van der Waals surface area contributed by atoms with Gasteiger partial charge in [0.2, 0.25) is 5.16 Å². The maximum Gasteiger partial charge on any atom is 0.212 e. The monoisotopic (exact) mass is 315 g/mol. The van der Waals surface area contributed by atoms with E-state index in [1.807, 2.05) is 41.1 Å². The molecule has 104 valence electrons. The molecule has 0 bridgehead atoms. The summed E-state index contributed by atoms with van der Waals surface area (Å²) in [4.78, 5) is 4.02. The Kier molecular flexibility index (Phi) is 3.05. The van der Waals surface area contributed by atoms with Gasteiger partial charge in [-0.3, -0.25) is 4.98 Å². The summed E-state index contributed by atoms with van der Waals surface area (Å²) in [6.07, 6.45) is 3.49. The van der Waals surface area contributed by atoms with Gasteiger partial charge in [0.25, 0.3) is 0 Å². The van der Waals surface area contributed by atoms with E-state index in [1.54, 1.807) is 24.2 Å². The van der Waals surface area contributed by atoms with Crippen LogP contribution in [0.5, 0.6) is 0 Å². The van der Waals surface area contributed by atoms with Gasteiger partial charge in [-0.05, 0) is 29.8 Å². The van der Waals surface area contributed by atoms with Crippen molar-refractivity contribution in [3.8, 4) is 11.4 Å². The molecule has 1 aromatic carbocycles. The van der Waals surface area contributed by atoms with Crippen molar-refractivity contribution in [2.24, 2.45) is 0 Å². The number of benzene rings is 1. The highest BCUT2D eigenvalue weighted by atomic mass is 35.5. The number of hydrogen-bond donors (Lipinski definition) is 1. The van der Waals surface area contributed by atoms with Crippen molar-refractivity contribution in [3.63, 3.8) is 0 Å². The first kappa shape index (κ1) is 12.7. The standard InChI is InChI=1S/C14H10ClN5S/c15-11-3-1-2-10(8-11)13-19-20-12(17-18-14(20)21-13)9-4-6-16-7-5-9/h1-8,13,19H. The van der Waals surface area contributed by atoms with E-state index >= 15 is 0 Å². The van der Waals surface area contributed by atoms with E-state index < -0.39 is 0 Å². The Morgan fingerprint density at radius 1 is 1.14 bits per heavy atom. The second-order valence-electron chi connectivity index (χ2n) is 4.56. The van der Waals surface area contributed by atoms with E-state index in [4.69, 9.17) is 11.6 Å². The third-order valence-corrected chi connectivity index (χ3v) is 4.52. The summed E-state index contributed by atoms with van der Waals surface area (Å²) < 4.78 is 1.91. The summed E-state index contributed by atoms with van der Waals surface area (Å²) in [6, 6.07) is 11.6. The zero-order valence-electron chi connectivity index (χ0n) is 10.8. The molecular formula is C14H10ClN5S. The number of thioether (sulfide) groups is 1. The van der Waals surface area contributed by atoms with Gasteiger partial charge >= 0.3 is 0 Å². The highest BCUT2D eigenvalue weighted by Gasteiger charge is 2.28. The van der Waals surface area contributed by atoms with E-state index in [9.17, 15) is 0 Å². The molecule has 4 rings (SSSR count). The summed E-state index contributed by atoms with van der Waals surface area (Å²) in [7, 11) is 0. The van der Waals surface area contributed by atoms with Crippen LogP contribution >= 0.6 is 23.4 Å². The number of pyridine rings is 1. The molecule has 0 amide bonds. The lowest BCUT2D eigenvalue weighted by atomic mass is 10.2. The minimum Gasteiger partial charge on any atom is -0.304 e. The van der Waals surface area contributed by atoms with Crippen molar-refractivity contribution in [3.05, 3.63) is 59.4 Å². The molecule has 0 aliphatic carbocycles. The maximum atomic E-state index is 6.06. The van der Waals surface area contributed by atoms with Crippen LogP contribution in [0.1, 0.15) is 10.9 Å². The molecule has 1 unspecified atom stereocenters. The van der Waals surface area contributed by atoms with Gasteiger partial charge < -0.3 is 5.43 Å². The predicted octanol–water partition coefficient (Wildman–Crippen LogP) is 3.34. The smallest absolute Gasteiger partial charge is 0.212 e. The lowest BCUT2D eigenvalue weighted by molar-refractivity contribution is 0.792. The molecule has 5 nitrogen and oxygen atoms in total. The van der Waals surface area contributed by atoms with Crippen LogP contribution in [-0.2, 0) is 0 Å². The fraction of sp³-hybridized carbons (Fsp3) is 0.0714. The highest BCUT2D eigenvalue weighted by Crippen LogP contribution is 2.40. The molecule has 0 saturated heterocycles. The van der Waals surface area contributed by atoms with Gasteiger partial charge in [-0.15, -0.1) is 10.2 Å². The van der Waals surface area contributed by atoms with E-state index in [0.717, 1.165) is 27.1 Å². The van der Waals surface area contributed by atoms with Crippen molar-refractivity contribution in [2.75, 3.05) is 5.43 Å². The van der Waals surface area contributed by atoms with Crippen molar-refractivity contribution in [1.29, 1.82) is 0 Å². The van der Waals surface area contributed by atoms with Crippen LogP contribution in [0, 0.1) is 0 Å². The van der Waals surface area contributed by atoms with Crippen molar-refractivity contribution >= 4 is 23.4 Å². The average Bonchev–Trinajstić information content (AvgIpc) is 3.08.